The summed E-state index contributed by atoms with van der Waals surface area (Å²) in [5, 5.41) is 6.79. The van der Waals surface area contributed by atoms with E-state index >= 15 is 0 Å². The molecule has 2 N–H and O–H groups in total. The molecule has 1 aliphatic heterocycles. The van der Waals surface area contributed by atoms with Crippen molar-refractivity contribution in [3.05, 3.63) is 70.9 Å². The molecule has 2 heterocycles. The fraction of sp³-hybridized carbons (Fsp3) is 0.182. The number of nitrogens with one attached hydrogen (secondary N) is 2. The van der Waals surface area contributed by atoms with Crippen LogP contribution < -0.4 is 10.6 Å². The fourth-order valence-electron chi connectivity index (χ4n) is 4.31. The maximum absolute atomic E-state index is 13.2. The number of pyridine rings is 1. The molecule has 0 saturated carbocycles. The standard InChI is InChI=1S/C22H17ClN4O3/c23-16-7-8-17(19-14(16)5-3-11-24-19)25-18(28)12-27-20(29)22(26-21(27)30)10-9-13-4-1-2-6-15(13)22/h1-8,11H,9-10,12H2,(H,25,28)(H,26,30)/t22-/m1/s1. The van der Waals surface area contributed by atoms with Gasteiger partial charge in [0, 0.05) is 11.6 Å². The Morgan fingerprint density at radius 1 is 1.17 bits per heavy atom. The zero-order valence-corrected chi connectivity index (χ0v) is 16.6. The Balaban J connectivity index is 1.38. The SMILES string of the molecule is O=C(CN1C(=O)N[C@@]2(CCc3ccccc32)C1=O)Nc1ccc(Cl)c2cccnc12. The number of carbonyl (C=O) groups excluding carboxylic acids is 3. The van der Waals surface area contributed by atoms with Crippen LogP contribution in [0.2, 0.25) is 5.02 Å². The molecule has 0 unspecified atom stereocenters. The quantitative estimate of drug-likeness (QED) is 0.636. The molecule has 1 atom stereocenters. The van der Waals surface area contributed by atoms with Crippen LogP contribution in [0.5, 0.6) is 0 Å². The van der Waals surface area contributed by atoms with Crippen molar-refractivity contribution < 1.29 is 14.4 Å². The van der Waals surface area contributed by atoms with E-state index < -0.39 is 23.4 Å². The molecule has 2 aliphatic rings. The molecule has 0 bridgehead atoms. The second-order valence-electron chi connectivity index (χ2n) is 7.43. The number of amides is 4. The van der Waals surface area contributed by atoms with E-state index in [1.165, 1.54) is 0 Å². The Bertz CT molecular complexity index is 1230. The Morgan fingerprint density at radius 2 is 2.00 bits per heavy atom. The fourth-order valence-corrected chi connectivity index (χ4v) is 4.52. The summed E-state index contributed by atoms with van der Waals surface area (Å²) >= 11 is 6.19. The minimum absolute atomic E-state index is 0.383. The average Bonchev–Trinajstić information content (AvgIpc) is 3.24. The lowest BCUT2D eigenvalue weighted by Crippen LogP contribution is -2.43. The third kappa shape index (κ3) is 2.74. The molecule has 1 saturated heterocycles. The van der Waals surface area contributed by atoms with Crippen molar-refractivity contribution in [2.75, 3.05) is 11.9 Å². The number of carbonyl (C=O) groups is 3. The summed E-state index contributed by atoms with van der Waals surface area (Å²) in [5.74, 6) is -0.886. The minimum atomic E-state index is -1.08. The van der Waals surface area contributed by atoms with Gasteiger partial charge in [-0.25, -0.2) is 4.79 Å². The lowest BCUT2D eigenvalue weighted by atomic mass is 9.92. The van der Waals surface area contributed by atoms with Crippen LogP contribution in [0, 0.1) is 0 Å². The van der Waals surface area contributed by atoms with Crippen molar-refractivity contribution in [3.8, 4) is 0 Å². The Labute approximate surface area is 177 Å². The minimum Gasteiger partial charge on any atom is -0.323 e. The monoisotopic (exact) mass is 420 g/mol. The molecule has 2 aromatic carbocycles. The lowest BCUT2D eigenvalue weighted by molar-refractivity contribution is -0.134. The van der Waals surface area contributed by atoms with E-state index in [4.69, 9.17) is 11.6 Å². The molecule has 150 valence electrons. The molecule has 5 rings (SSSR count). The van der Waals surface area contributed by atoms with Crippen LogP contribution in [0.1, 0.15) is 17.5 Å². The van der Waals surface area contributed by atoms with Crippen LogP contribution in [0.25, 0.3) is 10.9 Å². The Hall–Kier alpha value is -3.45. The van der Waals surface area contributed by atoms with Crippen molar-refractivity contribution in [3.63, 3.8) is 0 Å². The zero-order chi connectivity index (χ0) is 20.9. The highest BCUT2D eigenvalue weighted by molar-refractivity contribution is 6.36. The van der Waals surface area contributed by atoms with Gasteiger partial charge >= 0.3 is 6.03 Å². The largest absolute Gasteiger partial charge is 0.325 e. The van der Waals surface area contributed by atoms with E-state index in [2.05, 4.69) is 15.6 Å². The molecule has 3 aromatic rings. The second-order valence-corrected chi connectivity index (χ2v) is 7.83. The molecule has 1 aliphatic carbocycles. The number of nitrogens with zero attached hydrogens (tertiary/aromatic N) is 2. The molecular weight excluding hydrogens is 404 g/mol. The van der Waals surface area contributed by atoms with Crippen molar-refractivity contribution in [2.45, 2.75) is 18.4 Å². The highest BCUT2D eigenvalue weighted by Crippen LogP contribution is 2.41. The number of hydrogen-bond donors (Lipinski definition) is 2. The van der Waals surface area contributed by atoms with Gasteiger partial charge in [0.15, 0.2) is 0 Å². The maximum atomic E-state index is 13.2. The number of rotatable bonds is 3. The van der Waals surface area contributed by atoms with Crippen molar-refractivity contribution in [1.29, 1.82) is 0 Å². The number of hydrogen-bond acceptors (Lipinski definition) is 4. The molecule has 30 heavy (non-hydrogen) atoms. The van der Waals surface area contributed by atoms with Gasteiger partial charge in [0.1, 0.15) is 12.1 Å². The van der Waals surface area contributed by atoms with Crippen molar-refractivity contribution in [2.24, 2.45) is 0 Å². The molecule has 1 fully saturated rings. The number of anilines is 1. The lowest BCUT2D eigenvalue weighted by Gasteiger charge is -2.22. The maximum Gasteiger partial charge on any atom is 0.325 e. The summed E-state index contributed by atoms with van der Waals surface area (Å²) in [6, 6.07) is 13.9. The van der Waals surface area contributed by atoms with Gasteiger partial charge in [0.25, 0.3) is 5.91 Å². The van der Waals surface area contributed by atoms with Crippen molar-refractivity contribution >= 4 is 46.0 Å². The molecule has 7 nitrogen and oxygen atoms in total. The van der Waals surface area contributed by atoms with E-state index in [-0.39, 0.29) is 6.54 Å². The molecule has 4 amide bonds. The van der Waals surface area contributed by atoms with Crippen molar-refractivity contribution in [1.82, 2.24) is 15.2 Å². The van der Waals surface area contributed by atoms with E-state index in [0.717, 1.165) is 16.0 Å². The molecule has 8 heteroatoms. The van der Waals surface area contributed by atoms with Gasteiger partial charge in [0.2, 0.25) is 5.91 Å². The highest BCUT2D eigenvalue weighted by Gasteiger charge is 2.55. The van der Waals surface area contributed by atoms with E-state index in [1.54, 1.807) is 30.5 Å². The second kappa shape index (κ2) is 6.81. The number of aromatic nitrogens is 1. The third-order valence-electron chi connectivity index (χ3n) is 5.71. The van der Waals surface area contributed by atoms with Gasteiger partial charge in [-0.1, -0.05) is 35.9 Å². The zero-order valence-electron chi connectivity index (χ0n) is 15.8. The van der Waals surface area contributed by atoms with E-state index in [1.807, 2.05) is 24.3 Å². The third-order valence-corrected chi connectivity index (χ3v) is 6.04. The smallest absolute Gasteiger partial charge is 0.323 e. The highest BCUT2D eigenvalue weighted by atomic mass is 35.5. The molecule has 1 aromatic heterocycles. The summed E-state index contributed by atoms with van der Waals surface area (Å²) in [4.78, 5) is 43.7. The number of aryl methyl sites for hydroxylation is 1. The van der Waals surface area contributed by atoms with Crippen LogP contribution >= 0.6 is 11.6 Å². The Morgan fingerprint density at radius 3 is 2.87 bits per heavy atom. The van der Waals surface area contributed by atoms with Gasteiger partial charge in [-0.15, -0.1) is 0 Å². The molecule has 1 spiro atoms. The molecule has 0 radical (unpaired) electrons. The summed E-state index contributed by atoms with van der Waals surface area (Å²) in [5.41, 5.74) is 1.77. The Kier molecular flexibility index (Phi) is 4.22. The van der Waals surface area contributed by atoms with Crippen LogP contribution in [0.3, 0.4) is 0 Å². The van der Waals surface area contributed by atoms with Crippen LogP contribution in [-0.4, -0.2) is 34.3 Å². The van der Waals surface area contributed by atoms with Gasteiger partial charge in [0.05, 0.1) is 16.2 Å². The summed E-state index contributed by atoms with van der Waals surface area (Å²) in [7, 11) is 0. The number of halogens is 1. The average molecular weight is 421 g/mol. The normalized spacial score (nSPS) is 20.0. The first-order valence-corrected chi connectivity index (χ1v) is 9.93. The number of benzene rings is 2. The van der Waals surface area contributed by atoms with Crippen LogP contribution in [-0.2, 0) is 21.5 Å². The van der Waals surface area contributed by atoms with E-state index in [0.29, 0.717) is 34.5 Å². The van der Waals surface area contributed by atoms with Gasteiger partial charge < -0.3 is 10.6 Å². The summed E-state index contributed by atoms with van der Waals surface area (Å²) in [6.45, 7) is -0.383. The summed E-state index contributed by atoms with van der Waals surface area (Å²) in [6.07, 6.45) is 2.79. The first-order chi connectivity index (χ1) is 14.5. The van der Waals surface area contributed by atoms with Crippen LogP contribution in [0.15, 0.2) is 54.7 Å². The topological polar surface area (TPSA) is 91.4 Å². The first-order valence-electron chi connectivity index (χ1n) is 9.55. The predicted octanol–water partition coefficient (Wildman–Crippen LogP) is 3.22. The van der Waals surface area contributed by atoms with Gasteiger partial charge in [-0.05, 0) is 48.2 Å². The predicted molar refractivity (Wildman–Crippen MR) is 112 cm³/mol. The van der Waals surface area contributed by atoms with Gasteiger partial charge in [-0.2, -0.15) is 0 Å². The number of urea groups is 1. The molecular formula is C22H17ClN4O3. The van der Waals surface area contributed by atoms with Gasteiger partial charge in [-0.3, -0.25) is 19.5 Å². The summed E-state index contributed by atoms with van der Waals surface area (Å²) < 4.78 is 0. The number of fused-ring (bicyclic) bond motifs is 3. The van der Waals surface area contributed by atoms with Crippen LogP contribution in [0.4, 0.5) is 10.5 Å². The number of imide groups is 1. The first kappa shape index (κ1) is 18.6. The van der Waals surface area contributed by atoms with E-state index in [9.17, 15) is 14.4 Å².